The number of guanidine groups is 1. The predicted molar refractivity (Wildman–Crippen MR) is 63.9 cm³/mol. The summed E-state index contributed by atoms with van der Waals surface area (Å²) < 4.78 is 0. The fraction of sp³-hybridized carbons (Fsp3) is 0.917. The molecule has 15 heavy (non-hydrogen) atoms. The minimum atomic E-state index is 0.550. The lowest BCUT2D eigenvalue weighted by Crippen LogP contribution is -2.47. The van der Waals surface area contributed by atoms with Gasteiger partial charge in [0.15, 0.2) is 5.96 Å². The van der Waals surface area contributed by atoms with Crippen LogP contribution in [0.5, 0.6) is 0 Å². The minimum Gasteiger partial charge on any atom is -0.370 e. The van der Waals surface area contributed by atoms with Gasteiger partial charge in [-0.15, -0.1) is 0 Å². The molecule has 0 aromatic heterocycles. The number of piperidine rings is 1. The molecule has 0 aromatic rings. The van der Waals surface area contributed by atoms with E-state index in [9.17, 15) is 0 Å². The number of nitrogens with two attached hydrogens (primary N) is 1. The SMILES string of the molecule is CCCC1CCCCN1C(N)=NC1CC1. The Balaban J connectivity index is 1.96. The Morgan fingerprint density at radius 3 is 2.80 bits per heavy atom. The highest BCUT2D eigenvalue weighted by Gasteiger charge is 2.26. The molecule has 1 saturated heterocycles. The van der Waals surface area contributed by atoms with E-state index in [1.165, 1.54) is 44.9 Å². The summed E-state index contributed by atoms with van der Waals surface area (Å²) in [6, 6.07) is 1.21. The van der Waals surface area contributed by atoms with Gasteiger partial charge in [0.1, 0.15) is 0 Å². The highest BCUT2D eigenvalue weighted by atomic mass is 15.3. The molecule has 0 radical (unpaired) electrons. The van der Waals surface area contributed by atoms with Crippen LogP contribution in [-0.2, 0) is 0 Å². The van der Waals surface area contributed by atoms with Crippen molar-refractivity contribution in [2.75, 3.05) is 6.54 Å². The van der Waals surface area contributed by atoms with Crippen molar-refractivity contribution in [1.29, 1.82) is 0 Å². The molecule has 1 saturated carbocycles. The van der Waals surface area contributed by atoms with Gasteiger partial charge in [0.2, 0.25) is 0 Å². The van der Waals surface area contributed by atoms with Crippen LogP contribution in [0, 0.1) is 0 Å². The Morgan fingerprint density at radius 2 is 2.13 bits per heavy atom. The number of hydrogen-bond donors (Lipinski definition) is 1. The monoisotopic (exact) mass is 209 g/mol. The first kappa shape index (κ1) is 10.8. The highest BCUT2D eigenvalue weighted by Crippen LogP contribution is 2.25. The van der Waals surface area contributed by atoms with Gasteiger partial charge in [-0.3, -0.25) is 0 Å². The molecule has 2 N–H and O–H groups in total. The van der Waals surface area contributed by atoms with E-state index in [0.29, 0.717) is 12.1 Å². The van der Waals surface area contributed by atoms with Gasteiger partial charge in [-0.05, 0) is 38.5 Å². The van der Waals surface area contributed by atoms with E-state index in [4.69, 9.17) is 5.73 Å². The van der Waals surface area contributed by atoms with E-state index in [-0.39, 0.29) is 0 Å². The molecular weight excluding hydrogens is 186 g/mol. The van der Waals surface area contributed by atoms with E-state index in [0.717, 1.165) is 12.5 Å². The normalized spacial score (nSPS) is 28.2. The van der Waals surface area contributed by atoms with Gasteiger partial charge in [-0.2, -0.15) is 0 Å². The molecule has 2 fully saturated rings. The molecule has 1 heterocycles. The zero-order valence-corrected chi connectivity index (χ0v) is 9.78. The average Bonchev–Trinajstić information content (AvgIpc) is 3.03. The second-order valence-electron chi connectivity index (χ2n) is 4.85. The van der Waals surface area contributed by atoms with Crippen molar-refractivity contribution >= 4 is 5.96 Å². The Bertz CT molecular complexity index is 231. The zero-order chi connectivity index (χ0) is 10.7. The lowest BCUT2D eigenvalue weighted by atomic mass is 9.99. The lowest BCUT2D eigenvalue weighted by Gasteiger charge is -2.36. The second kappa shape index (κ2) is 4.86. The number of aliphatic imine (C=N–C) groups is 1. The molecule has 1 aliphatic heterocycles. The van der Waals surface area contributed by atoms with Gasteiger partial charge >= 0.3 is 0 Å². The standard InChI is InChI=1S/C12H23N3/c1-2-5-11-6-3-4-9-15(11)12(13)14-10-7-8-10/h10-11H,2-9H2,1H3,(H2,13,14). The maximum atomic E-state index is 6.09. The summed E-state index contributed by atoms with van der Waals surface area (Å²) in [6.07, 6.45) is 8.94. The molecular formula is C12H23N3. The smallest absolute Gasteiger partial charge is 0.191 e. The van der Waals surface area contributed by atoms with E-state index in [1.54, 1.807) is 0 Å². The highest BCUT2D eigenvalue weighted by molar-refractivity contribution is 5.78. The first-order chi connectivity index (χ1) is 7.31. The van der Waals surface area contributed by atoms with Crippen LogP contribution < -0.4 is 5.73 Å². The van der Waals surface area contributed by atoms with Crippen LogP contribution in [0.4, 0.5) is 0 Å². The van der Waals surface area contributed by atoms with Crippen molar-refractivity contribution in [3.05, 3.63) is 0 Å². The Labute approximate surface area is 92.7 Å². The van der Waals surface area contributed by atoms with E-state index in [2.05, 4.69) is 16.8 Å². The number of likely N-dealkylation sites (tertiary alicyclic amines) is 1. The van der Waals surface area contributed by atoms with Gasteiger partial charge in [-0.25, -0.2) is 4.99 Å². The largest absolute Gasteiger partial charge is 0.370 e. The summed E-state index contributed by atoms with van der Waals surface area (Å²) in [5.41, 5.74) is 6.09. The minimum absolute atomic E-state index is 0.550. The zero-order valence-electron chi connectivity index (χ0n) is 9.78. The van der Waals surface area contributed by atoms with Crippen molar-refractivity contribution < 1.29 is 0 Å². The van der Waals surface area contributed by atoms with Crippen LogP contribution in [0.25, 0.3) is 0 Å². The fourth-order valence-electron chi connectivity index (χ4n) is 2.40. The molecule has 1 atom stereocenters. The quantitative estimate of drug-likeness (QED) is 0.571. The van der Waals surface area contributed by atoms with E-state index in [1.807, 2.05) is 0 Å². The van der Waals surface area contributed by atoms with Gasteiger partial charge in [0, 0.05) is 12.6 Å². The molecule has 1 aliphatic carbocycles. The third-order valence-corrected chi connectivity index (χ3v) is 3.41. The van der Waals surface area contributed by atoms with Crippen LogP contribution in [-0.4, -0.2) is 29.5 Å². The third kappa shape index (κ3) is 2.86. The predicted octanol–water partition coefficient (Wildman–Crippen LogP) is 2.12. The van der Waals surface area contributed by atoms with Gasteiger partial charge in [0.05, 0.1) is 6.04 Å². The summed E-state index contributed by atoms with van der Waals surface area (Å²) in [6.45, 7) is 3.37. The van der Waals surface area contributed by atoms with Crippen molar-refractivity contribution in [1.82, 2.24) is 4.90 Å². The first-order valence-corrected chi connectivity index (χ1v) is 6.41. The Morgan fingerprint density at radius 1 is 1.33 bits per heavy atom. The molecule has 1 unspecified atom stereocenters. The summed E-state index contributed by atoms with van der Waals surface area (Å²) in [5, 5.41) is 0. The number of rotatable bonds is 3. The molecule has 3 nitrogen and oxygen atoms in total. The summed E-state index contributed by atoms with van der Waals surface area (Å²) in [5.74, 6) is 0.815. The molecule has 0 spiro atoms. The molecule has 2 rings (SSSR count). The molecule has 2 aliphatic rings. The number of nitrogens with zero attached hydrogens (tertiary/aromatic N) is 2. The summed E-state index contributed by atoms with van der Waals surface area (Å²) in [4.78, 5) is 6.92. The van der Waals surface area contributed by atoms with Crippen LogP contribution >= 0.6 is 0 Å². The topological polar surface area (TPSA) is 41.6 Å². The molecule has 3 heteroatoms. The number of hydrogen-bond acceptors (Lipinski definition) is 1. The Kier molecular flexibility index (Phi) is 3.49. The second-order valence-corrected chi connectivity index (χ2v) is 4.85. The van der Waals surface area contributed by atoms with E-state index >= 15 is 0 Å². The van der Waals surface area contributed by atoms with Crippen LogP contribution in [0.15, 0.2) is 4.99 Å². The lowest BCUT2D eigenvalue weighted by molar-refractivity contribution is 0.226. The van der Waals surface area contributed by atoms with Crippen molar-refractivity contribution in [3.8, 4) is 0 Å². The Hall–Kier alpha value is -0.730. The van der Waals surface area contributed by atoms with E-state index < -0.39 is 0 Å². The maximum absolute atomic E-state index is 6.09. The third-order valence-electron chi connectivity index (χ3n) is 3.41. The van der Waals surface area contributed by atoms with Crippen molar-refractivity contribution in [2.24, 2.45) is 10.7 Å². The van der Waals surface area contributed by atoms with Crippen LogP contribution in [0.2, 0.25) is 0 Å². The van der Waals surface area contributed by atoms with Gasteiger partial charge in [0.25, 0.3) is 0 Å². The summed E-state index contributed by atoms with van der Waals surface area (Å²) >= 11 is 0. The molecule has 0 bridgehead atoms. The van der Waals surface area contributed by atoms with Gasteiger partial charge < -0.3 is 10.6 Å². The molecule has 0 amide bonds. The first-order valence-electron chi connectivity index (χ1n) is 6.41. The van der Waals surface area contributed by atoms with Crippen molar-refractivity contribution in [2.45, 2.75) is 64.0 Å². The summed E-state index contributed by atoms with van der Waals surface area (Å²) in [7, 11) is 0. The molecule has 86 valence electrons. The van der Waals surface area contributed by atoms with Gasteiger partial charge in [-0.1, -0.05) is 13.3 Å². The van der Waals surface area contributed by atoms with Crippen LogP contribution in [0.3, 0.4) is 0 Å². The fourth-order valence-corrected chi connectivity index (χ4v) is 2.40. The van der Waals surface area contributed by atoms with Crippen LogP contribution in [0.1, 0.15) is 51.9 Å². The maximum Gasteiger partial charge on any atom is 0.191 e. The van der Waals surface area contributed by atoms with Crippen molar-refractivity contribution in [3.63, 3.8) is 0 Å². The average molecular weight is 209 g/mol. The molecule has 0 aromatic carbocycles.